The molecule has 8 heteroatoms. The molecule has 1 atom stereocenters. The minimum absolute atomic E-state index is 0.0113. The van der Waals surface area contributed by atoms with Crippen molar-refractivity contribution in [3.8, 4) is 11.3 Å². The van der Waals surface area contributed by atoms with Gasteiger partial charge >= 0.3 is 0 Å². The monoisotopic (exact) mass is 430 g/mol. The van der Waals surface area contributed by atoms with E-state index in [0.29, 0.717) is 5.95 Å². The molecule has 2 aliphatic heterocycles. The molecule has 0 saturated carbocycles. The number of benzene rings is 2. The zero-order valence-corrected chi connectivity index (χ0v) is 17.8. The van der Waals surface area contributed by atoms with Gasteiger partial charge in [-0.1, -0.05) is 12.1 Å². The first-order chi connectivity index (χ1) is 15.7. The van der Waals surface area contributed by atoms with Crippen molar-refractivity contribution >= 4 is 28.9 Å². The van der Waals surface area contributed by atoms with E-state index in [4.69, 9.17) is 4.74 Å². The van der Waals surface area contributed by atoms with E-state index in [-0.39, 0.29) is 11.9 Å². The Morgan fingerprint density at radius 1 is 1.00 bits per heavy atom. The summed E-state index contributed by atoms with van der Waals surface area (Å²) in [6, 6.07) is 17.8. The van der Waals surface area contributed by atoms with E-state index in [9.17, 15) is 4.79 Å². The van der Waals surface area contributed by atoms with E-state index in [1.807, 2.05) is 42.5 Å². The van der Waals surface area contributed by atoms with Crippen LogP contribution in [0.25, 0.3) is 11.3 Å². The molecule has 3 aromatic rings. The molecule has 2 aromatic carbocycles. The Kier molecular flexibility index (Phi) is 5.96. The number of hydrogen-bond acceptors (Lipinski definition) is 7. The van der Waals surface area contributed by atoms with Gasteiger partial charge in [0.25, 0.3) is 0 Å². The Labute approximate surface area is 187 Å². The quantitative estimate of drug-likeness (QED) is 0.554. The molecule has 164 valence electrons. The predicted molar refractivity (Wildman–Crippen MR) is 125 cm³/mol. The highest BCUT2D eigenvalue weighted by Gasteiger charge is 2.24. The minimum Gasteiger partial charge on any atom is -0.378 e. The molecule has 2 saturated heterocycles. The number of ether oxygens (including phenoxy) is 1. The van der Waals surface area contributed by atoms with Crippen molar-refractivity contribution in [2.24, 2.45) is 0 Å². The summed E-state index contributed by atoms with van der Waals surface area (Å²) in [4.78, 5) is 23.4. The summed E-state index contributed by atoms with van der Waals surface area (Å²) in [5.41, 5.74) is 4.67. The van der Waals surface area contributed by atoms with E-state index in [1.165, 1.54) is 5.69 Å². The van der Waals surface area contributed by atoms with Crippen molar-refractivity contribution < 1.29 is 9.53 Å². The standard InChI is InChI=1S/C24H26N6O2/c31-23(22-10-11-25-22)27-18-3-1-17(2-4-18)21-9-12-26-24(29-21)28-19-5-7-20(8-6-19)30-13-15-32-16-14-30/h1-9,12,22,25H,10-11,13-16H2,(H,27,31)(H,26,28,29)/t22-/m0/s1. The predicted octanol–water partition coefficient (Wildman–Crippen LogP) is 3.02. The lowest BCUT2D eigenvalue weighted by Crippen LogP contribution is -2.50. The van der Waals surface area contributed by atoms with Crippen LogP contribution in [0.3, 0.4) is 0 Å². The van der Waals surface area contributed by atoms with Gasteiger partial charge in [0, 0.05) is 41.9 Å². The van der Waals surface area contributed by atoms with Crippen LogP contribution < -0.4 is 20.9 Å². The number of aromatic nitrogens is 2. The topological polar surface area (TPSA) is 91.4 Å². The van der Waals surface area contributed by atoms with Gasteiger partial charge in [-0.2, -0.15) is 0 Å². The highest BCUT2D eigenvalue weighted by Crippen LogP contribution is 2.23. The maximum Gasteiger partial charge on any atom is 0.241 e. The van der Waals surface area contributed by atoms with Crippen LogP contribution in [-0.2, 0) is 9.53 Å². The summed E-state index contributed by atoms with van der Waals surface area (Å²) in [5, 5.41) is 9.32. The summed E-state index contributed by atoms with van der Waals surface area (Å²) < 4.78 is 5.42. The van der Waals surface area contributed by atoms with Crippen molar-refractivity contribution in [2.45, 2.75) is 12.5 Å². The normalized spacial score (nSPS) is 18.0. The number of amides is 1. The van der Waals surface area contributed by atoms with Crippen molar-refractivity contribution in [3.05, 3.63) is 60.8 Å². The van der Waals surface area contributed by atoms with Crippen LogP contribution in [0.5, 0.6) is 0 Å². The second-order valence-electron chi connectivity index (χ2n) is 7.90. The van der Waals surface area contributed by atoms with Gasteiger partial charge in [-0.15, -0.1) is 0 Å². The van der Waals surface area contributed by atoms with E-state index >= 15 is 0 Å². The molecule has 2 aliphatic rings. The second kappa shape index (κ2) is 9.33. The summed E-state index contributed by atoms with van der Waals surface area (Å²) >= 11 is 0. The van der Waals surface area contributed by atoms with Crippen LogP contribution in [0.1, 0.15) is 6.42 Å². The Bertz CT molecular complexity index is 1060. The van der Waals surface area contributed by atoms with Gasteiger partial charge in [0.1, 0.15) is 0 Å². The molecule has 0 bridgehead atoms. The summed E-state index contributed by atoms with van der Waals surface area (Å²) in [6.07, 6.45) is 2.63. The average molecular weight is 431 g/mol. The summed E-state index contributed by atoms with van der Waals surface area (Å²) in [7, 11) is 0. The first-order valence-electron chi connectivity index (χ1n) is 10.9. The largest absolute Gasteiger partial charge is 0.378 e. The lowest BCUT2D eigenvalue weighted by molar-refractivity contribution is -0.119. The Hall–Kier alpha value is -3.49. The minimum atomic E-state index is -0.0758. The third-order valence-corrected chi connectivity index (χ3v) is 5.74. The number of carbonyl (C=O) groups excluding carboxylic acids is 1. The van der Waals surface area contributed by atoms with Gasteiger partial charge in [0.2, 0.25) is 11.9 Å². The van der Waals surface area contributed by atoms with Crippen LogP contribution in [0.15, 0.2) is 60.8 Å². The summed E-state index contributed by atoms with van der Waals surface area (Å²) in [6.45, 7) is 4.27. The third-order valence-electron chi connectivity index (χ3n) is 5.74. The van der Waals surface area contributed by atoms with E-state index in [1.54, 1.807) is 6.20 Å². The SMILES string of the molecule is O=C(Nc1ccc(-c2ccnc(Nc3ccc(N4CCOCC4)cc3)n2)cc1)[C@@H]1CCN1. The average Bonchev–Trinajstić information content (AvgIpc) is 2.80. The molecule has 8 nitrogen and oxygen atoms in total. The molecule has 0 spiro atoms. The van der Waals surface area contributed by atoms with Crippen molar-refractivity contribution in [2.75, 3.05) is 48.4 Å². The first kappa shape index (κ1) is 20.4. The number of nitrogens with one attached hydrogen (secondary N) is 3. The Balaban J connectivity index is 1.23. The molecule has 0 aliphatic carbocycles. The van der Waals surface area contributed by atoms with Crippen molar-refractivity contribution in [1.29, 1.82) is 0 Å². The highest BCUT2D eigenvalue weighted by atomic mass is 16.5. The maximum absolute atomic E-state index is 12.1. The van der Waals surface area contributed by atoms with Gasteiger partial charge in [-0.3, -0.25) is 4.79 Å². The molecule has 3 N–H and O–H groups in total. The molecule has 3 heterocycles. The molecule has 2 fully saturated rings. The van der Waals surface area contributed by atoms with E-state index in [0.717, 1.165) is 61.9 Å². The van der Waals surface area contributed by atoms with Crippen LogP contribution >= 0.6 is 0 Å². The molecule has 0 radical (unpaired) electrons. The van der Waals surface area contributed by atoms with Gasteiger partial charge in [-0.25, -0.2) is 9.97 Å². The van der Waals surface area contributed by atoms with Crippen LogP contribution in [-0.4, -0.2) is 54.8 Å². The lowest BCUT2D eigenvalue weighted by atomic mass is 10.1. The second-order valence-corrected chi connectivity index (χ2v) is 7.90. The third kappa shape index (κ3) is 4.71. The Morgan fingerprint density at radius 2 is 1.72 bits per heavy atom. The maximum atomic E-state index is 12.1. The number of nitrogens with zero attached hydrogens (tertiary/aromatic N) is 3. The molecular weight excluding hydrogens is 404 g/mol. The van der Waals surface area contributed by atoms with Gasteiger partial charge in [-0.05, 0) is 55.4 Å². The molecule has 0 unspecified atom stereocenters. The number of carbonyl (C=O) groups is 1. The van der Waals surface area contributed by atoms with Gasteiger partial charge < -0.3 is 25.6 Å². The van der Waals surface area contributed by atoms with Gasteiger partial charge in [0.15, 0.2) is 0 Å². The fourth-order valence-corrected chi connectivity index (χ4v) is 3.75. The first-order valence-corrected chi connectivity index (χ1v) is 10.9. The molecule has 32 heavy (non-hydrogen) atoms. The lowest BCUT2D eigenvalue weighted by Gasteiger charge is -2.28. The van der Waals surface area contributed by atoms with Crippen LogP contribution in [0, 0.1) is 0 Å². The molecule has 1 aromatic heterocycles. The highest BCUT2D eigenvalue weighted by molar-refractivity contribution is 5.95. The number of anilines is 4. The van der Waals surface area contributed by atoms with E-state index < -0.39 is 0 Å². The Morgan fingerprint density at radius 3 is 2.41 bits per heavy atom. The zero-order chi connectivity index (χ0) is 21.8. The van der Waals surface area contributed by atoms with Crippen LogP contribution in [0.4, 0.5) is 23.0 Å². The fraction of sp³-hybridized carbons (Fsp3) is 0.292. The molecule has 5 rings (SSSR count). The molecular formula is C24H26N6O2. The van der Waals surface area contributed by atoms with E-state index in [2.05, 4.69) is 43.0 Å². The number of hydrogen-bond donors (Lipinski definition) is 3. The number of rotatable bonds is 6. The van der Waals surface area contributed by atoms with Crippen molar-refractivity contribution in [1.82, 2.24) is 15.3 Å². The van der Waals surface area contributed by atoms with Crippen LogP contribution in [0.2, 0.25) is 0 Å². The van der Waals surface area contributed by atoms with Gasteiger partial charge in [0.05, 0.1) is 24.9 Å². The fourth-order valence-electron chi connectivity index (χ4n) is 3.75. The number of morpholine rings is 1. The van der Waals surface area contributed by atoms with Crippen molar-refractivity contribution in [3.63, 3.8) is 0 Å². The zero-order valence-electron chi connectivity index (χ0n) is 17.8. The smallest absolute Gasteiger partial charge is 0.241 e. The summed E-state index contributed by atoms with van der Waals surface area (Å²) in [5.74, 6) is 0.548. The molecule has 1 amide bonds.